The molecule has 0 bridgehead atoms. The molecular formula is C25H28ClN3O4. The first-order valence-electron chi connectivity index (χ1n) is 11.4. The van der Waals surface area contributed by atoms with Gasteiger partial charge in [-0.2, -0.15) is 0 Å². The van der Waals surface area contributed by atoms with E-state index in [0.29, 0.717) is 35.8 Å². The van der Waals surface area contributed by atoms with Gasteiger partial charge in [0.1, 0.15) is 0 Å². The van der Waals surface area contributed by atoms with E-state index in [0.717, 1.165) is 24.8 Å². The summed E-state index contributed by atoms with van der Waals surface area (Å²) in [6, 6.07) is 13.6. The topological polar surface area (TPSA) is 79.0 Å². The summed E-state index contributed by atoms with van der Waals surface area (Å²) in [5.74, 6) is -0.198. The summed E-state index contributed by atoms with van der Waals surface area (Å²) < 4.78 is 5.76. The second-order valence-electron chi connectivity index (χ2n) is 8.46. The Hall–Kier alpha value is -3.06. The van der Waals surface area contributed by atoms with Crippen LogP contribution in [0.15, 0.2) is 48.5 Å². The molecule has 2 heterocycles. The van der Waals surface area contributed by atoms with E-state index >= 15 is 0 Å². The van der Waals surface area contributed by atoms with Crippen molar-refractivity contribution in [1.82, 2.24) is 9.80 Å². The van der Waals surface area contributed by atoms with Crippen molar-refractivity contribution in [2.24, 2.45) is 0 Å². The lowest BCUT2D eigenvalue weighted by atomic mass is 9.99. The summed E-state index contributed by atoms with van der Waals surface area (Å²) in [5, 5.41) is 3.44. The number of benzene rings is 2. The zero-order valence-electron chi connectivity index (χ0n) is 18.6. The van der Waals surface area contributed by atoms with Crippen LogP contribution in [0.4, 0.5) is 10.5 Å². The van der Waals surface area contributed by atoms with Gasteiger partial charge in [0.25, 0.3) is 0 Å². The van der Waals surface area contributed by atoms with Crippen molar-refractivity contribution in [2.45, 2.75) is 51.3 Å². The average Bonchev–Trinajstić information content (AvgIpc) is 3.43. The molecule has 1 N–H and O–H groups in total. The molecule has 0 aromatic heterocycles. The minimum Gasteiger partial charge on any atom is -0.438 e. The highest BCUT2D eigenvalue weighted by Crippen LogP contribution is 2.36. The van der Waals surface area contributed by atoms with E-state index in [-0.39, 0.29) is 18.4 Å². The second-order valence-corrected chi connectivity index (χ2v) is 8.90. The summed E-state index contributed by atoms with van der Waals surface area (Å²) in [4.78, 5) is 41.8. The van der Waals surface area contributed by atoms with Gasteiger partial charge in [-0.1, -0.05) is 42.8 Å². The lowest BCUT2D eigenvalue weighted by Crippen LogP contribution is -2.47. The maximum Gasteiger partial charge on any atom is 0.411 e. The van der Waals surface area contributed by atoms with Crippen LogP contribution in [0.2, 0.25) is 5.02 Å². The first-order chi connectivity index (χ1) is 16.0. The largest absolute Gasteiger partial charge is 0.438 e. The fourth-order valence-corrected chi connectivity index (χ4v) is 4.61. The predicted molar refractivity (Wildman–Crippen MR) is 126 cm³/mol. The number of ether oxygens (including phenoxy) is 1. The van der Waals surface area contributed by atoms with Gasteiger partial charge in [0.15, 0.2) is 12.1 Å². The fourth-order valence-electron chi connectivity index (χ4n) is 4.39. The van der Waals surface area contributed by atoms with Gasteiger partial charge in [0.2, 0.25) is 11.8 Å². The highest BCUT2D eigenvalue weighted by molar-refractivity contribution is 6.30. The van der Waals surface area contributed by atoms with Gasteiger partial charge in [-0.25, -0.2) is 4.79 Å². The summed E-state index contributed by atoms with van der Waals surface area (Å²) in [6.45, 7) is 3.51. The van der Waals surface area contributed by atoms with E-state index < -0.39 is 18.2 Å². The lowest BCUT2D eigenvalue weighted by Gasteiger charge is -2.28. The van der Waals surface area contributed by atoms with Crippen molar-refractivity contribution in [3.63, 3.8) is 0 Å². The third-order valence-corrected chi connectivity index (χ3v) is 6.21. The van der Waals surface area contributed by atoms with Gasteiger partial charge in [-0.15, -0.1) is 0 Å². The molecule has 2 aromatic rings. The molecule has 174 valence electrons. The molecule has 2 aromatic carbocycles. The number of hydrogen-bond acceptors (Lipinski definition) is 4. The molecule has 0 saturated carbocycles. The van der Waals surface area contributed by atoms with Crippen LogP contribution in [0.3, 0.4) is 0 Å². The van der Waals surface area contributed by atoms with E-state index in [9.17, 15) is 14.4 Å². The summed E-state index contributed by atoms with van der Waals surface area (Å²) in [5.41, 5.74) is 2.10. The number of amides is 3. The quantitative estimate of drug-likeness (QED) is 0.633. The molecule has 0 aliphatic carbocycles. The molecule has 33 heavy (non-hydrogen) atoms. The van der Waals surface area contributed by atoms with E-state index in [1.165, 1.54) is 4.90 Å². The summed E-state index contributed by atoms with van der Waals surface area (Å²) >= 11 is 6.13. The fraction of sp³-hybridized carbons (Fsp3) is 0.400. The molecule has 0 spiro atoms. The Morgan fingerprint density at radius 1 is 1.12 bits per heavy atom. The number of halogens is 1. The van der Waals surface area contributed by atoms with Crippen LogP contribution in [0, 0.1) is 0 Å². The predicted octanol–water partition coefficient (Wildman–Crippen LogP) is 4.76. The van der Waals surface area contributed by atoms with Crippen LogP contribution in [-0.4, -0.2) is 46.8 Å². The lowest BCUT2D eigenvalue weighted by molar-refractivity contribution is -0.135. The second kappa shape index (κ2) is 10.3. The van der Waals surface area contributed by atoms with Crippen molar-refractivity contribution in [2.75, 3.05) is 18.4 Å². The SMILES string of the molecule is CCCC(=O)Nc1cccc(C2OC(=O)N(Cc3cccc(Cl)c3)C2C(=O)N2CCCC2)c1. The van der Waals surface area contributed by atoms with Gasteiger partial charge >= 0.3 is 6.09 Å². The van der Waals surface area contributed by atoms with Crippen molar-refractivity contribution < 1.29 is 19.1 Å². The summed E-state index contributed by atoms with van der Waals surface area (Å²) in [7, 11) is 0. The highest BCUT2D eigenvalue weighted by Gasteiger charge is 2.48. The van der Waals surface area contributed by atoms with Gasteiger partial charge in [-0.3, -0.25) is 14.5 Å². The number of likely N-dealkylation sites (tertiary alicyclic amines) is 1. The van der Waals surface area contributed by atoms with Crippen molar-refractivity contribution in [3.05, 3.63) is 64.7 Å². The minimum atomic E-state index is -0.795. The molecule has 2 unspecified atom stereocenters. The van der Waals surface area contributed by atoms with Gasteiger partial charge in [0.05, 0.1) is 6.54 Å². The first-order valence-corrected chi connectivity index (χ1v) is 11.7. The summed E-state index contributed by atoms with van der Waals surface area (Å²) in [6.07, 6.45) is 1.75. The van der Waals surface area contributed by atoms with Gasteiger partial charge in [-0.05, 0) is 54.7 Å². The molecular weight excluding hydrogens is 442 g/mol. The number of carbonyl (C=O) groups is 3. The third kappa shape index (κ3) is 5.30. The van der Waals surface area contributed by atoms with Crippen LogP contribution in [0.1, 0.15) is 49.8 Å². The van der Waals surface area contributed by atoms with Crippen molar-refractivity contribution in [3.8, 4) is 0 Å². The number of cyclic esters (lactones) is 1. The first kappa shape index (κ1) is 23.1. The number of nitrogens with zero attached hydrogens (tertiary/aromatic N) is 2. The monoisotopic (exact) mass is 469 g/mol. The molecule has 2 atom stereocenters. The van der Waals surface area contributed by atoms with E-state index in [1.54, 1.807) is 35.2 Å². The van der Waals surface area contributed by atoms with Crippen LogP contribution in [0.5, 0.6) is 0 Å². The van der Waals surface area contributed by atoms with Gasteiger partial charge in [0, 0.05) is 30.2 Å². The Bertz CT molecular complexity index is 1040. The van der Waals surface area contributed by atoms with E-state index in [1.807, 2.05) is 25.1 Å². The number of anilines is 1. The molecule has 2 aliphatic rings. The molecule has 2 fully saturated rings. The maximum absolute atomic E-state index is 13.5. The molecule has 0 radical (unpaired) electrons. The van der Waals surface area contributed by atoms with E-state index in [4.69, 9.17) is 16.3 Å². The molecule has 2 aliphatic heterocycles. The molecule has 2 saturated heterocycles. The number of hydrogen-bond donors (Lipinski definition) is 1. The zero-order valence-corrected chi connectivity index (χ0v) is 19.4. The molecule has 3 amide bonds. The van der Waals surface area contributed by atoms with Crippen molar-refractivity contribution in [1.29, 1.82) is 0 Å². The van der Waals surface area contributed by atoms with Crippen LogP contribution < -0.4 is 5.32 Å². The number of rotatable bonds is 7. The van der Waals surface area contributed by atoms with Gasteiger partial charge < -0.3 is 15.0 Å². The van der Waals surface area contributed by atoms with Crippen molar-refractivity contribution >= 4 is 35.2 Å². The Labute approximate surface area is 198 Å². The Balaban J connectivity index is 1.64. The Kier molecular flexibility index (Phi) is 7.18. The van der Waals surface area contributed by atoms with Crippen LogP contribution >= 0.6 is 11.6 Å². The third-order valence-electron chi connectivity index (χ3n) is 5.97. The van der Waals surface area contributed by atoms with Crippen LogP contribution in [0.25, 0.3) is 0 Å². The average molecular weight is 470 g/mol. The number of nitrogens with one attached hydrogen (secondary N) is 1. The van der Waals surface area contributed by atoms with E-state index in [2.05, 4.69) is 5.32 Å². The molecule has 7 nitrogen and oxygen atoms in total. The maximum atomic E-state index is 13.5. The van der Waals surface area contributed by atoms with Crippen LogP contribution in [-0.2, 0) is 20.9 Å². The molecule has 8 heteroatoms. The smallest absolute Gasteiger partial charge is 0.411 e. The molecule has 4 rings (SSSR count). The Morgan fingerprint density at radius 2 is 1.88 bits per heavy atom. The minimum absolute atomic E-state index is 0.0784. The Morgan fingerprint density at radius 3 is 2.61 bits per heavy atom. The number of carbonyl (C=O) groups excluding carboxylic acids is 3. The normalized spacial score (nSPS) is 20.1. The highest BCUT2D eigenvalue weighted by atomic mass is 35.5. The standard InChI is InChI=1S/C25H28ClN3O4/c1-2-7-21(30)27-20-11-6-9-18(15-20)23-22(24(31)28-12-3-4-13-28)29(25(32)33-23)16-17-8-5-10-19(26)14-17/h5-6,8-11,14-15,22-23H,2-4,7,12-13,16H2,1H3,(H,27,30). The zero-order chi connectivity index (χ0) is 23.4.